The zero-order valence-electron chi connectivity index (χ0n) is 18.7. The molecule has 170 valence electrons. The van der Waals surface area contributed by atoms with E-state index in [0.29, 0.717) is 22.6 Å². The number of rotatable bonds is 15. The molecule has 0 saturated carbocycles. The molecule has 0 spiro atoms. The van der Waals surface area contributed by atoms with E-state index in [1.165, 1.54) is 0 Å². The van der Waals surface area contributed by atoms with E-state index in [-0.39, 0.29) is 144 Å². The molecule has 0 aliphatic heterocycles. The molecule has 0 aromatic carbocycles. The van der Waals surface area contributed by atoms with E-state index in [4.69, 9.17) is 0 Å². The van der Waals surface area contributed by atoms with Crippen LogP contribution in [-0.2, 0) is 18.3 Å². The van der Waals surface area contributed by atoms with Gasteiger partial charge in [0.05, 0.1) is 0 Å². The van der Waals surface area contributed by atoms with E-state index in [1.807, 2.05) is 0 Å². The Labute approximate surface area is 275 Å². The monoisotopic (exact) mass is 576 g/mol. The van der Waals surface area contributed by atoms with Gasteiger partial charge in [0.2, 0.25) is 0 Å². The quantitative estimate of drug-likeness (QED) is 0.0996. The molecular weight excluding hydrogens is 556 g/mol. The Bertz CT molecular complexity index is 564. The second-order valence-corrected chi connectivity index (χ2v) is 12.2. The molecule has 0 fully saturated rings. The standard InChI is InChI=1S/C10H28N2O12P4.4Na/c13-25(14,15)7-11(8-26(16,17)18)5-3-1-2-4-6-12(9-27(19,20)21)10-28(22,23)24;;;;/h1-10H2,(H2,13,14,15)(H2,16,17,18)(H2,19,20,21)(H2,22,23,24);;;;/q;4*+1/p-8. The van der Waals surface area contributed by atoms with E-state index >= 15 is 0 Å². The first-order chi connectivity index (χ1) is 12.4. The molecule has 0 radical (unpaired) electrons. The van der Waals surface area contributed by atoms with Crippen molar-refractivity contribution in [1.29, 1.82) is 0 Å². The van der Waals surface area contributed by atoms with Gasteiger partial charge in [-0.1, -0.05) is 43.2 Å². The Hall–Kier alpha value is 4.52. The van der Waals surface area contributed by atoms with Gasteiger partial charge >= 0.3 is 118 Å². The summed E-state index contributed by atoms with van der Waals surface area (Å²) in [6, 6.07) is 0. The van der Waals surface area contributed by atoms with Gasteiger partial charge in [-0.3, -0.25) is 9.80 Å². The van der Waals surface area contributed by atoms with Crippen molar-refractivity contribution in [2.45, 2.75) is 25.7 Å². The fraction of sp³-hybridized carbons (Fsp3) is 1.00. The summed E-state index contributed by atoms with van der Waals surface area (Å²) in [7, 11) is -20.3. The molecule has 0 heterocycles. The predicted molar refractivity (Wildman–Crippen MR) is 81.8 cm³/mol. The van der Waals surface area contributed by atoms with Gasteiger partial charge in [-0.25, -0.2) is 0 Å². The largest absolute Gasteiger partial charge is 1.00 e. The molecular formula is C10H20N2Na4O12P4-4. The third-order valence-electron chi connectivity index (χ3n) is 3.19. The molecule has 0 aromatic heterocycles. The molecule has 22 heteroatoms. The summed E-state index contributed by atoms with van der Waals surface area (Å²) >= 11 is 0. The molecule has 0 bridgehead atoms. The van der Waals surface area contributed by atoms with Crippen molar-refractivity contribution in [2.24, 2.45) is 0 Å². The fourth-order valence-electron chi connectivity index (χ4n) is 2.38. The average molecular weight is 576 g/mol. The van der Waals surface area contributed by atoms with Gasteiger partial charge in [-0.15, -0.1) is 0 Å². The minimum absolute atomic E-state index is 0. The molecule has 32 heavy (non-hydrogen) atoms. The molecule has 14 nitrogen and oxygen atoms in total. The van der Waals surface area contributed by atoms with Crippen molar-refractivity contribution in [3.8, 4) is 0 Å². The second-order valence-electron chi connectivity index (χ2n) is 6.21. The van der Waals surface area contributed by atoms with E-state index in [2.05, 4.69) is 0 Å². The zero-order valence-corrected chi connectivity index (χ0v) is 30.2. The summed E-state index contributed by atoms with van der Waals surface area (Å²) in [5, 5.41) is 0. The number of unbranched alkanes of at least 4 members (excludes halogenated alkanes) is 3. The van der Waals surface area contributed by atoms with Crippen LogP contribution in [0.4, 0.5) is 0 Å². The molecule has 0 atom stereocenters. The van der Waals surface area contributed by atoms with Crippen LogP contribution in [0.2, 0.25) is 0 Å². The molecule has 0 aliphatic carbocycles. The second kappa shape index (κ2) is 21.4. The van der Waals surface area contributed by atoms with Gasteiger partial charge in [0, 0.05) is 25.1 Å². The van der Waals surface area contributed by atoms with Gasteiger partial charge in [0.1, 0.15) is 0 Å². The Morgan fingerprint density at radius 1 is 0.406 bits per heavy atom. The molecule has 0 aromatic rings. The van der Waals surface area contributed by atoms with Crippen LogP contribution < -0.4 is 157 Å². The summed E-state index contributed by atoms with van der Waals surface area (Å²) in [6.45, 7) is -0.363. The summed E-state index contributed by atoms with van der Waals surface area (Å²) in [5.41, 5.74) is 0. The Morgan fingerprint density at radius 3 is 0.750 bits per heavy atom. The van der Waals surface area contributed by atoms with Crippen molar-refractivity contribution < 1.29 is 176 Å². The first kappa shape index (κ1) is 46.4. The van der Waals surface area contributed by atoms with Crippen LogP contribution in [0.3, 0.4) is 0 Å². The van der Waals surface area contributed by atoms with Crippen LogP contribution in [0.1, 0.15) is 25.7 Å². The fourth-order valence-corrected chi connectivity index (χ4v) is 5.62. The minimum Gasteiger partial charge on any atom is -0.810 e. The number of hydrogen-bond acceptors (Lipinski definition) is 14. The third-order valence-corrected chi connectivity index (χ3v) is 6.18. The van der Waals surface area contributed by atoms with Gasteiger partial charge in [-0.2, -0.15) is 0 Å². The SMILES string of the molecule is O=P([O-])([O-])CN(CCCCCCN(CP(=O)([O-])[O-])CP(=O)([O-])[O-])CP(=O)([O-])[O-].[Na+].[Na+].[Na+].[Na+]. The van der Waals surface area contributed by atoms with Crippen molar-refractivity contribution >= 4 is 30.4 Å². The van der Waals surface area contributed by atoms with Crippen molar-refractivity contribution in [2.75, 3.05) is 38.2 Å². The van der Waals surface area contributed by atoms with Crippen molar-refractivity contribution in [3.63, 3.8) is 0 Å². The Morgan fingerprint density at radius 2 is 0.594 bits per heavy atom. The van der Waals surface area contributed by atoms with Gasteiger partial charge in [0.15, 0.2) is 0 Å². The van der Waals surface area contributed by atoms with E-state index in [0.717, 1.165) is 0 Å². The maximum atomic E-state index is 10.7. The molecule has 0 unspecified atom stereocenters. The van der Waals surface area contributed by atoms with Crippen LogP contribution in [0, 0.1) is 0 Å². The van der Waals surface area contributed by atoms with Crippen LogP contribution >= 0.6 is 30.4 Å². The zero-order chi connectivity index (χ0) is 22.2. The average Bonchev–Trinajstić information content (AvgIpc) is 2.34. The smallest absolute Gasteiger partial charge is 0.810 e. The molecule has 0 aliphatic rings. The van der Waals surface area contributed by atoms with Gasteiger partial charge in [0.25, 0.3) is 0 Å². The molecule has 0 amide bonds. The Balaban J connectivity index is -0.000000607. The summed E-state index contributed by atoms with van der Waals surface area (Å²) in [4.78, 5) is 87.4. The van der Waals surface area contributed by atoms with E-state index < -0.39 is 55.5 Å². The van der Waals surface area contributed by atoms with Crippen LogP contribution in [0.15, 0.2) is 0 Å². The summed E-state index contributed by atoms with van der Waals surface area (Å²) < 4.78 is 43.0. The maximum absolute atomic E-state index is 10.7. The third kappa shape index (κ3) is 34.5. The van der Waals surface area contributed by atoms with Crippen molar-refractivity contribution in [1.82, 2.24) is 9.80 Å². The van der Waals surface area contributed by atoms with E-state index in [9.17, 15) is 57.4 Å². The number of nitrogens with zero attached hydrogens (tertiary/aromatic N) is 2. The topological polar surface area (TPSA) is 259 Å². The van der Waals surface area contributed by atoms with Crippen LogP contribution in [0.5, 0.6) is 0 Å². The summed E-state index contributed by atoms with van der Waals surface area (Å²) in [5.74, 6) is 0. The Kier molecular flexibility index (Phi) is 30.9. The summed E-state index contributed by atoms with van der Waals surface area (Å²) in [6.07, 6.45) is -3.48. The van der Waals surface area contributed by atoms with Gasteiger partial charge in [-0.05, 0) is 25.9 Å². The predicted octanol–water partition coefficient (Wildman–Crippen LogP) is -17.3. The molecule has 0 N–H and O–H groups in total. The van der Waals surface area contributed by atoms with Crippen LogP contribution in [0.25, 0.3) is 0 Å². The van der Waals surface area contributed by atoms with Crippen molar-refractivity contribution in [3.05, 3.63) is 0 Å². The minimum atomic E-state index is -5.07. The van der Waals surface area contributed by atoms with E-state index in [1.54, 1.807) is 0 Å². The first-order valence-electron chi connectivity index (χ1n) is 7.85. The normalized spacial score (nSPS) is 12.4. The van der Waals surface area contributed by atoms with Gasteiger partial charge < -0.3 is 57.4 Å². The molecule has 0 saturated heterocycles. The van der Waals surface area contributed by atoms with Crippen LogP contribution in [-0.4, -0.2) is 48.0 Å². The molecule has 0 rings (SSSR count). The number of hydrogen-bond donors (Lipinski definition) is 0. The maximum Gasteiger partial charge on any atom is 1.00 e. The first-order valence-corrected chi connectivity index (χ1v) is 14.8.